The van der Waals surface area contributed by atoms with Gasteiger partial charge in [-0.05, 0) is 51.2 Å². The molecule has 0 aliphatic rings. The fraction of sp³-hybridized carbons (Fsp3) is 0.412. The first-order chi connectivity index (χ1) is 10.0. The summed E-state index contributed by atoms with van der Waals surface area (Å²) >= 11 is 6.28. The zero-order chi connectivity index (χ0) is 15.4. The van der Waals surface area contributed by atoms with E-state index in [0.29, 0.717) is 0 Å². The molecule has 2 aromatic rings. The lowest BCUT2D eigenvalue weighted by atomic mass is 10.1. The predicted octanol–water partition coefficient (Wildman–Crippen LogP) is 4.15. The first-order valence-corrected chi connectivity index (χ1v) is 7.58. The number of nitrogens with zero attached hydrogens (tertiary/aromatic N) is 1. The van der Waals surface area contributed by atoms with Gasteiger partial charge in [-0.2, -0.15) is 0 Å². The number of furan rings is 1. The molecule has 1 aromatic carbocycles. The van der Waals surface area contributed by atoms with Crippen LogP contribution in [0.5, 0.6) is 0 Å². The summed E-state index contributed by atoms with van der Waals surface area (Å²) in [5.74, 6) is 1.99. The van der Waals surface area contributed by atoms with Crippen LogP contribution in [0.3, 0.4) is 0 Å². The normalized spacial score (nSPS) is 12.9. The molecule has 0 spiro atoms. The molecule has 1 aromatic heterocycles. The average Bonchev–Trinajstić information content (AvgIpc) is 2.79. The van der Waals surface area contributed by atoms with Crippen LogP contribution in [-0.2, 0) is 13.1 Å². The second kappa shape index (κ2) is 7.12. The van der Waals surface area contributed by atoms with E-state index in [0.717, 1.165) is 35.2 Å². The molecule has 0 radical (unpaired) electrons. The molecule has 0 amide bonds. The molecule has 0 saturated carbocycles. The monoisotopic (exact) mass is 306 g/mol. The van der Waals surface area contributed by atoms with Gasteiger partial charge in [0.25, 0.3) is 0 Å². The number of halogens is 1. The zero-order valence-electron chi connectivity index (χ0n) is 13.1. The van der Waals surface area contributed by atoms with Gasteiger partial charge < -0.3 is 9.73 Å². The Hall–Kier alpha value is -1.29. The maximum absolute atomic E-state index is 6.28. The topological polar surface area (TPSA) is 28.4 Å². The van der Waals surface area contributed by atoms with Crippen LogP contribution in [0.2, 0.25) is 5.02 Å². The van der Waals surface area contributed by atoms with Crippen LogP contribution < -0.4 is 5.32 Å². The molecule has 3 nitrogen and oxygen atoms in total. The van der Waals surface area contributed by atoms with Crippen molar-refractivity contribution in [3.63, 3.8) is 0 Å². The lowest BCUT2D eigenvalue weighted by molar-refractivity contribution is 0.230. The summed E-state index contributed by atoms with van der Waals surface area (Å²) in [6.07, 6.45) is 0. The fourth-order valence-corrected chi connectivity index (χ4v) is 2.73. The van der Waals surface area contributed by atoms with Gasteiger partial charge in [0.1, 0.15) is 11.5 Å². The Morgan fingerprint density at radius 1 is 1.33 bits per heavy atom. The summed E-state index contributed by atoms with van der Waals surface area (Å²) in [4.78, 5) is 2.24. The lowest BCUT2D eigenvalue weighted by Gasteiger charge is -2.24. The molecule has 21 heavy (non-hydrogen) atoms. The van der Waals surface area contributed by atoms with E-state index in [9.17, 15) is 0 Å². The van der Waals surface area contributed by atoms with Gasteiger partial charge in [-0.1, -0.05) is 29.8 Å². The second-order valence-electron chi connectivity index (χ2n) is 5.46. The van der Waals surface area contributed by atoms with Crippen LogP contribution >= 0.6 is 11.6 Å². The minimum absolute atomic E-state index is 0.233. The van der Waals surface area contributed by atoms with Crippen molar-refractivity contribution in [2.75, 3.05) is 14.1 Å². The predicted molar refractivity (Wildman–Crippen MR) is 87.5 cm³/mol. The molecule has 0 aliphatic carbocycles. The summed E-state index contributed by atoms with van der Waals surface area (Å²) in [6.45, 7) is 5.76. The third kappa shape index (κ3) is 3.88. The Kier molecular flexibility index (Phi) is 5.45. The van der Waals surface area contributed by atoms with Crippen molar-refractivity contribution in [3.8, 4) is 0 Å². The Bertz CT molecular complexity index is 594. The van der Waals surface area contributed by atoms with E-state index in [2.05, 4.69) is 43.2 Å². The first kappa shape index (κ1) is 16.1. The van der Waals surface area contributed by atoms with Gasteiger partial charge in [0, 0.05) is 11.1 Å². The van der Waals surface area contributed by atoms with E-state index in [1.165, 1.54) is 5.56 Å². The van der Waals surface area contributed by atoms with Crippen LogP contribution in [0.15, 0.2) is 34.7 Å². The third-order valence-corrected chi connectivity index (χ3v) is 4.17. The second-order valence-corrected chi connectivity index (χ2v) is 5.87. The van der Waals surface area contributed by atoms with Gasteiger partial charge in [-0.15, -0.1) is 0 Å². The van der Waals surface area contributed by atoms with Crippen LogP contribution in [0.25, 0.3) is 0 Å². The van der Waals surface area contributed by atoms with Crippen LogP contribution in [-0.4, -0.2) is 19.0 Å². The van der Waals surface area contributed by atoms with Gasteiger partial charge in [-0.3, -0.25) is 4.90 Å². The fourth-order valence-electron chi connectivity index (χ4n) is 2.44. The van der Waals surface area contributed by atoms with Crippen molar-refractivity contribution < 1.29 is 4.42 Å². The Morgan fingerprint density at radius 2 is 2.05 bits per heavy atom. The van der Waals surface area contributed by atoms with E-state index in [1.54, 1.807) is 0 Å². The van der Waals surface area contributed by atoms with Crippen LogP contribution in [0.4, 0.5) is 0 Å². The molecule has 0 saturated heterocycles. The summed E-state index contributed by atoms with van der Waals surface area (Å²) in [5, 5.41) is 3.93. The lowest BCUT2D eigenvalue weighted by Crippen LogP contribution is -2.21. The summed E-state index contributed by atoms with van der Waals surface area (Å²) in [5.41, 5.74) is 2.33. The van der Waals surface area contributed by atoms with E-state index < -0.39 is 0 Å². The average molecular weight is 307 g/mol. The van der Waals surface area contributed by atoms with Gasteiger partial charge in [0.05, 0.1) is 13.1 Å². The minimum Gasteiger partial charge on any atom is -0.463 e. The van der Waals surface area contributed by atoms with Crippen molar-refractivity contribution in [2.45, 2.75) is 33.0 Å². The largest absolute Gasteiger partial charge is 0.463 e. The highest BCUT2D eigenvalue weighted by Crippen LogP contribution is 2.27. The number of benzene rings is 1. The van der Waals surface area contributed by atoms with Gasteiger partial charge in [-0.25, -0.2) is 0 Å². The smallest absolute Gasteiger partial charge is 0.120 e. The van der Waals surface area contributed by atoms with E-state index >= 15 is 0 Å². The number of hydrogen-bond donors (Lipinski definition) is 1. The van der Waals surface area contributed by atoms with Crippen molar-refractivity contribution in [1.82, 2.24) is 10.2 Å². The quantitative estimate of drug-likeness (QED) is 0.869. The molecule has 114 valence electrons. The minimum atomic E-state index is 0.233. The van der Waals surface area contributed by atoms with Crippen molar-refractivity contribution >= 4 is 11.6 Å². The van der Waals surface area contributed by atoms with E-state index in [4.69, 9.17) is 16.0 Å². The van der Waals surface area contributed by atoms with Crippen LogP contribution in [0, 0.1) is 6.92 Å². The molecule has 4 heteroatoms. The van der Waals surface area contributed by atoms with Crippen molar-refractivity contribution in [2.24, 2.45) is 0 Å². The van der Waals surface area contributed by atoms with Gasteiger partial charge in [0.2, 0.25) is 0 Å². The number of nitrogens with one attached hydrogen (secondary N) is 1. The molecule has 0 fully saturated rings. The standard InChI is InChI=1S/C17H23ClN2O/c1-12-9-14(21-17(12)10-19-3)11-20(4)13(2)15-7-5-6-8-16(15)18/h5-9,13,19H,10-11H2,1-4H3. The van der Waals surface area contributed by atoms with Gasteiger partial charge in [0.15, 0.2) is 0 Å². The first-order valence-electron chi connectivity index (χ1n) is 7.20. The molecule has 1 heterocycles. The maximum atomic E-state index is 6.28. The maximum Gasteiger partial charge on any atom is 0.120 e. The molecular weight excluding hydrogens is 284 g/mol. The molecular formula is C17H23ClN2O. The Balaban J connectivity index is 2.09. The molecule has 1 atom stereocenters. The SMILES string of the molecule is CNCc1oc(CN(C)C(C)c2ccccc2Cl)cc1C. The number of aryl methyl sites for hydroxylation is 1. The van der Waals surface area contributed by atoms with E-state index in [-0.39, 0.29) is 6.04 Å². The van der Waals surface area contributed by atoms with Crippen molar-refractivity contribution in [3.05, 3.63) is 58.0 Å². The zero-order valence-corrected chi connectivity index (χ0v) is 13.9. The summed E-state index contributed by atoms with van der Waals surface area (Å²) in [7, 11) is 4.01. The molecule has 0 bridgehead atoms. The van der Waals surface area contributed by atoms with E-state index in [1.807, 2.05) is 25.2 Å². The molecule has 2 rings (SSSR count). The highest BCUT2D eigenvalue weighted by Gasteiger charge is 2.16. The van der Waals surface area contributed by atoms with Crippen LogP contribution in [0.1, 0.15) is 35.6 Å². The Labute approximate surface area is 131 Å². The molecule has 1 N–H and O–H groups in total. The van der Waals surface area contributed by atoms with Gasteiger partial charge >= 0.3 is 0 Å². The molecule has 0 aliphatic heterocycles. The highest BCUT2D eigenvalue weighted by molar-refractivity contribution is 6.31. The highest BCUT2D eigenvalue weighted by atomic mass is 35.5. The number of hydrogen-bond acceptors (Lipinski definition) is 3. The summed E-state index contributed by atoms with van der Waals surface area (Å²) < 4.78 is 5.90. The summed E-state index contributed by atoms with van der Waals surface area (Å²) in [6, 6.07) is 10.3. The molecule has 1 unspecified atom stereocenters. The third-order valence-electron chi connectivity index (χ3n) is 3.83. The van der Waals surface area contributed by atoms with Crippen molar-refractivity contribution in [1.29, 1.82) is 0 Å². The Morgan fingerprint density at radius 3 is 2.71 bits per heavy atom. The number of rotatable bonds is 6.